The van der Waals surface area contributed by atoms with Gasteiger partial charge in [-0.2, -0.15) is 0 Å². The average molecular weight is 513 g/mol. The number of urea groups is 2. The Morgan fingerprint density at radius 2 is 1.54 bits per heavy atom. The van der Waals surface area contributed by atoms with Gasteiger partial charge in [-0.15, -0.1) is 0 Å². The fraction of sp³-hybridized carbons (Fsp3) is 0.480. The Morgan fingerprint density at radius 1 is 0.946 bits per heavy atom. The SMILES string of the molecule is CN1C(=O)N(C)C2(CC3(CCC(N4C(=O)C(=C(N)N)C(=O)N(Cc5ccc(F)cc5)C4=O)CC3)C2)C1=O. The molecule has 4 fully saturated rings. The van der Waals surface area contributed by atoms with E-state index >= 15 is 0 Å². The summed E-state index contributed by atoms with van der Waals surface area (Å²) in [6.07, 6.45) is 3.33. The fourth-order valence-electron chi connectivity index (χ4n) is 6.49. The molecular weight excluding hydrogens is 483 g/mol. The normalized spacial score (nSPS) is 30.2. The number of carbonyl (C=O) groups is 5. The number of halogens is 1. The molecule has 0 atom stereocenters. The number of hydrogen-bond acceptors (Lipinski definition) is 7. The zero-order valence-electron chi connectivity index (χ0n) is 20.7. The lowest BCUT2D eigenvalue weighted by Crippen LogP contribution is -2.65. The predicted molar refractivity (Wildman–Crippen MR) is 127 cm³/mol. The molecular formula is C25H29FN6O5. The lowest BCUT2D eigenvalue weighted by atomic mass is 9.51. The molecule has 2 saturated heterocycles. The van der Waals surface area contributed by atoms with E-state index in [1.165, 1.54) is 36.2 Å². The number of nitrogens with zero attached hydrogens (tertiary/aromatic N) is 4. The first-order chi connectivity index (χ1) is 17.4. The number of barbiturate groups is 1. The van der Waals surface area contributed by atoms with Crippen molar-refractivity contribution in [2.45, 2.75) is 56.7 Å². The van der Waals surface area contributed by atoms with E-state index in [1.54, 1.807) is 7.05 Å². The highest BCUT2D eigenvalue weighted by Gasteiger charge is 2.67. The Bertz CT molecular complexity index is 1240. The summed E-state index contributed by atoms with van der Waals surface area (Å²) in [5, 5.41) is 0. The molecule has 5 rings (SSSR count). The van der Waals surface area contributed by atoms with Crippen LogP contribution in [0.4, 0.5) is 14.0 Å². The Kier molecular flexibility index (Phi) is 5.54. The number of rotatable bonds is 3. The molecule has 1 aromatic rings. The molecule has 37 heavy (non-hydrogen) atoms. The van der Waals surface area contributed by atoms with Gasteiger partial charge in [-0.1, -0.05) is 12.1 Å². The van der Waals surface area contributed by atoms with Crippen LogP contribution in [0.2, 0.25) is 0 Å². The van der Waals surface area contributed by atoms with Gasteiger partial charge in [0.15, 0.2) is 0 Å². The first kappa shape index (κ1) is 24.7. The fourth-order valence-corrected chi connectivity index (χ4v) is 6.49. The van der Waals surface area contributed by atoms with Crippen LogP contribution < -0.4 is 11.5 Å². The molecule has 4 N–H and O–H groups in total. The smallest absolute Gasteiger partial charge is 0.334 e. The predicted octanol–water partition coefficient (Wildman–Crippen LogP) is 1.23. The molecule has 2 heterocycles. The summed E-state index contributed by atoms with van der Waals surface area (Å²) in [6.45, 7) is -0.173. The quantitative estimate of drug-likeness (QED) is 0.351. The van der Waals surface area contributed by atoms with Crippen LogP contribution in [0, 0.1) is 11.2 Å². The van der Waals surface area contributed by atoms with Crippen LogP contribution in [0.15, 0.2) is 35.7 Å². The Morgan fingerprint density at radius 3 is 2.05 bits per heavy atom. The van der Waals surface area contributed by atoms with Crippen molar-refractivity contribution in [1.82, 2.24) is 19.6 Å². The standard InChI is InChI=1S/C25H29FN6O5/c1-29-21(35)25(30(2)22(29)36)12-24(13-25)9-7-16(8-10-24)32-20(34)17(18(27)28)19(33)31(23(32)37)11-14-3-5-15(26)6-4-14/h3-6,16H,7-13,27-28H2,1-2H3. The molecule has 2 spiro atoms. The first-order valence-electron chi connectivity index (χ1n) is 12.2. The van der Waals surface area contributed by atoms with E-state index < -0.39 is 46.6 Å². The van der Waals surface area contributed by atoms with Gasteiger partial charge < -0.3 is 16.4 Å². The largest absolute Gasteiger partial charge is 0.385 e. The Balaban J connectivity index is 1.34. The van der Waals surface area contributed by atoms with Gasteiger partial charge in [0, 0.05) is 20.1 Å². The zero-order chi connectivity index (χ0) is 26.9. The van der Waals surface area contributed by atoms with E-state index in [2.05, 4.69) is 0 Å². The maximum Gasteiger partial charge on any atom is 0.334 e. The number of benzene rings is 1. The van der Waals surface area contributed by atoms with Gasteiger partial charge in [0.1, 0.15) is 22.8 Å². The van der Waals surface area contributed by atoms with Crippen LogP contribution in [0.1, 0.15) is 44.1 Å². The van der Waals surface area contributed by atoms with E-state index in [1.807, 2.05) is 0 Å². The van der Waals surface area contributed by atoms with Crippen LogP contribution in [0.5, 0.6) is 0 Å². The lowest BCUT2D eigenvalue weighted by Gasteiger charge is -2.58. The van der Waals surface area contributed by atoms with Crippen molar-refractivity contribution in [2.75, 3.05) is 14.1 Å². The van der Waals surface area contributed by atoms with Crippen LogP contribution in [0.3, 0.4) is 0 Å². The third-order valence-electron chi connectivity index (χ3n) is 8.51. The van der Waals surface area contributed by atoms with Crippen molar-refractivity contribution < 1.29 is 28.4 Å². The number of amides is 7. The highest BCUT2D eigenvalue weighted by molar-refractivity contribution is 6.29. The van der Waals surface area contributed by atoms with Crippen molar-refractivity contribution in [3.8, 4) is 0 Å². The Labute approximate surface area is 212 Å². The van der Waals surface area contributed by atoms with E-state index in [0.717, 1.165) is 14.7 Å². The molecule has 196 valence electrons. The van der Waals surface area contributed by atoms with Crippen molar-refractivity contribution in [2.24, 2.45) is 16.9 Å². The maximum absolute atomic E-state index is 13.4. The van der Waals surface area contributed by atoms with Crippen molar-refractivity contribution >= 4 is 29.8 Å². The molecule has 11 nitrogen and oxygen atoms in total. The maximum atomic E-state index is 13.4. The first-order valence-corrected chi connectivity index (χ1v) is 12.2. The summed E-state index contributed by atoms with van der Waals surface area (Å²) in [6, 6.07) is 3.76. The minimum absolute atomic E-state index is 0.164. The van der Waals surface area contributed by atoms with E-state index in [-0.39, 0.29) is 23.9 Å². The zero-order valence-corrected chi connectivity index (χ0v) is 20.7. The number of hydrogen-bond donors (Lipinski definition) is 2. The summed E-state index contributed by atoms with van der Waals surface area (Å²) in [5.41, 5.74) is 10.4. The number of likely N-dealkylation sites (N-methyl/N-ethyl adjacent to an activating group) is 2. The molecule has 12 heteroatoms. The minimum Gasteiger partial charge on any atom is -0.385 e. The average Bonchev–Trinajstić information content (AvgIpc) is 2.99. The molecule has 0 bridgehead atoms. The highest BCUT2D eigenvalue weighted by Crippen LogP contribution is 2.61. The van der Waals surface area contributed by atoms with E-state index in [0.29, 0.717) is 44.1 Å². The van der Waals surface area contributed by atoms with Gasteiger partial charge in [-0.3, -0.25) is 29.1 Å². The third-order valence-corrected chi connectivity index (χ3v) is 8.51. The topological polar surface area (TPSA) is 150 Å². The summed E-state index contributed by atoms with van der Waals surface area (Å²) in [4.78, 5) is 69.4. The lowest BCUT2D eigenvalue weighted by molar-refractivity contribution is -0.149. The van der Waals surface area contributed by atoms with Crippen molar-refractivity contribution in [3.05, 3.63) is 47.0 Å². The molecule has 7 amide bonds. The van der Waals surface area contributed by atoms with Gasteiger partial charge in [0.25, 0.3) is 17.7 Å². The van der Waals surface area contributed by atoms with Crippen LogP contribution in [-0.2, 0) is 20.9 Å². The molecule has 2 saturated carbocycles. The van der Waals surface area contributed by atoms with E-state index in [4.69, 9.17) is 11.5 Å². The van der Waals surface area contributed by atoms with Gasteiger partial charge in [-0.05, 0) is 61.6 Å². The van der Waals surface area contributed by atoms with Crippen molar-refractivity contribution in [3.63, 3.8) is 0 Å². The van der Waals surface area contributed by atoms with Gasteiger partial charge >= 0.3 is 12.1 Å². The molecule has 0 radical (unpaired) electrons. The van der Waals surface area contributed by atoms with E-state index in [9.17, 15) is 28.4 Å². The van der Waals surface area contributed by atoms with Gasteiger partial charge in [0.2, 0.25) is 0 Å². The number of nitrogens with two attached hydrogens (primary N) is 2. The molecule has 2 aliphatic carbocycles. The van der Waals surface area contributed by atoms with Gasteiger partial charge in [0.05, 0.1) is 6.54 Å². The summed E-state index contributed by atoms with van der Waals surface area (Å²) >= 11 is 0. The summed E-state index contributed by atoms with van der Waals surface area (Å²) in [5.74, 6) is -2.84. The second-order valence-corrected chi connectivity index (χ2v) is 10.6. The summed E-state index contributed by atoms with van der Waals surface area (Å²) in [7, 11) is 3.13. The number of carbonyl (C=O) groups excluding carboxylic acids is 5. The minimum atomic E-state index is -0.889. The second-order valence-electron chi connectivity index (χ2n) is 10.6. The monoisotopic (exact) mass is 512 g/mol. The van der Waals surface area contributed by atoms with Crippen LogP contribution >= 0.6 is 0 Å². The van der Waals surface area contributed by atoms with Crippen LogP contribution in [0.25, 0.3) is 0 Å². The molecule has 0 aromatic heterocycles. The van der Waals surface area contributed by atoms with Crippen LogP contribution in [-0.4, -0.2) is 75.1 Å². The van der Waals surface area contributed by atoms with Gasteiger partial charge in [-0.25, -0.2) is 14.0 Å². The molecule has 2 aliphatic heterocycles. The van der Waals surface area contributed by atoms with Crippen molar-refractivity contribution in [1.29, 1.82) is 0 Å². The summed E-state index contributed by atoms with van der Waals surface area (Å²) < 4.78 is 13.3. The third kappa shape index (κ3) is 3.57. The second kappa shape index (κ2) is 8.29. The molecule has 0 unspecified atom stereocenters. The highest BCUT2D eigenvalue weighted by atomic mass is 19.1. The molecule has 1 aromatic carbocycles. The Hall–Kier alpha value is -3.96. The molecule has 4 aliphatic rings. The number of imide groups is 3.